The van der Waals surface area contributed by atoms with Crippen molar-refractivity contribution in [3.63, 3.8) is 0 Å². The van der Waals surface area contributed by atoms with Crippen LogP contribution in [0.15, 0.2) is 54.7 Å². The number of nitrogens with one attached hydrogen (secondary N) is 1. The van der Waals surface area contributed by atoms with Gasteiger partial charge in [-0.15, -0.1) is 0 Å². The number of rotatable bonds is 9. The number of nitrogens with zero attached hydrogens (tertiary/aromatic N) is 3. The van der Waals surface area contributed by atoms with Crippen LogP contribution in [0.1, 0.15) is 44.4 Å². The van der Waals surface area contributed by atoms with Gasteiger partial charge in [0, 0.05) is 37.8 Å². The molecule has 2 atom stereocenters. The minimum absolute atomic E-state index is 0.0762. The van der Waals surface area contributed by atoms with Crippen LogP contribution in [0.4, 0.5) is 4.79 Å². The highest BCUT2D eigenvalue weighted by Crippen LogP contribution is 2.36. The molecule has 2 fully saturated rings. The van der Waals surface area contributed by atoms with Gasteiger partial charge < -0.3 is 10.2 Å². The molecule has 1 aromatic carbocycles. The summed E-state index contributed by atoms with van der Waals surface area (Å²) in [4.78, 5) is 35.2. The average Bonchev–Trinajstić information content (AvgIpc) is 3.08. The number of pyridine rings is 1. The molecule has 3 amide bonds. The summed E-state index contributed by atoms with van der Waals surface area (Å²) in [6.45, 7) is 7.93. The van der Waals surface area contributed by atoms with Crippen molar-refractivity contribution in [1.82, 2.24) is 20.1 Å². The van der Waals surface area contributed by atoms with E-state index in [-0.39, 0.29) is 17.9 Å². The zero-order valence-electron chi connectivity index (χ0n) is 19.9. The Bertz CT molecular complexity index is 928. The molecule has 6 heteroatoms. The first kappa shape index (κ1) is 23.4. The highest BCUT2D eigenvalue weighted by molar-refractivity contribution is 6.07. The first-order chi connectivity index (χ1) is 16.0. The Morgan fingerprint density at radius 1 is 1.09 bits per heavy atom. The van der Waals surface area contributed by atoms with E-state index in [1.165, 1.54) is 11.3 Å². The molecular formula is C27H36N4O2. The number of likely N-dealkylation sites (tertiary alicyclic amines) is 1. The fourth-order valence-corrected chi connectivity index (χ4v) is 5.26. The van der Waals surface area contributed by atoms with Crippen LogP contribution >= 0.6 is 0 Å². The summed E-state index contributed by atoms with van der Waals surface area (Å²) in [5, 5.41) is 3.19. The fraction of sp³-hybridized carbons (Fsp3) is 0.519. The molecule has 0 spiro atoms. The Kier molecular flexibility index (Phi) is 7.43. The summed E-state index contributed by atoms with van der Waals surface area (Å²) in [5.74, 6) is 0.726. The van der Waals surface area contributed by atoms with E-state index < -0.39 is 5.54 Å². The predicted molar refractivity (Wildman–Crippen MR) is 130 cm³/mol. The number of benzene rings is 1. The van der Waals surface area contributed by atoms with Crippen molar-refractivity contribution in [2.45, 2.75) is 51.5 Å². The lowest BCUT2D eigenvalue weighted by Crippen LogP contribution is -2.57. The number of carbonyl (C=O) groups excluding carboxylic acids is 2. The summed E-state index contributed by atoms with van der Waals surface area (Å²) in [7, 11) is 0. The molecule has 2 aliphatic heterocycles. The number of aromatic nitrogens is 1. The van der Waals surface area contributed by atoms with Crippen molar-refractivity contribution in [3.05, 3.63) is 66.0 Å². The van der Waals surface area contributed by atoms with Gasteiger partial charge in [0.25, 0.3) is 5.91 Å². The van der Waals surface area contributed by atoms with Gasteiger partial charge in [-0.1, -0.05) is 56.7 Å². The molecule has 1 N–H and O–H groups in total. The molecule has 0 aliphatic carbocycles. The Morgan fingerprint density at radius 2 is 1.82 bits per heavy atom. The van der Waals surface area contributed by atoms with Gasteiger partial charge in [0.1, 0.15) is 5.54 Å². The third kappa shape index (κ3) is 5.27. The molecule has 0 bridgehead atoms. The van der Waals surface area contributed by atoms with E-state index >= 15 is 0 Å². The average molecular weight is 449 g/mol. The minimum Gasteiger partial charge on any atom is -0.322 e. The van der Waals surface area contributed by atoms with Crippen LogP contribution < -0.4 is 5.32 Å². The van der Waals surface area contributed by atoms with Crippen molar-refractivity contribution in [3.8, 4) is 0 Å². The zero-order valence-corrected chi connectivity index (χ0v) is 19.9. The number of carbonyl (C=O) groups is 2. The molecule has 2 aromatic rings. The van der Waals surface area contributed by atoms with Gasteiger partial charge >= 0.3 is 6.03 Å². The van der Waals surface area contributed by atoms with Gasteiger partial charge in [0.2, 0.25) is 0 Å². The largest absolute Gasteiger partial charge is 0.325 e. The molecule has 2 saturated heterocycles. The number of urea groups is 1. The molecule has 2 aliphatic rings. The molecule has 0 unspecified atom stereocenters. The molecule has 6 nitrogen and oxygen atoms in total. The number of amides is 3. The third-order valence-corrected chi connectivity index (χ3v) is 7.40. The number of hydrogen-bond donors (Lipinski definition) is 1. The van der Waals surface area contributed by atoms with E-state index in [4.69, 9.17) is 0 Å². The van der Waals surface area contributed by atoms with Gasteiger partial charge in [-0.25, -0.2) is 4.79 Å². The molecule has 33 heavy (non-hydrogen) atoms. The number of piperidine rings is 1. The maximum absolute atomic E-state index is 13.9. The first-order valence-corrected chi connectivity index (χ1v) is 12.3. The van der Waals surface area contributed by atoms with E-state index in [9.17, 15) is 9.59 Å². The molecule has 0 radical (unpaired) electrons. The van der Waals surface area contributed by atoms with Crippen molar-refractivity contribution >= 4 is 11.9 Å². The van der Waals surface area contributed by atoms with Gasteiger partial charge in [-0.3, -0.25) is 14.7 Å². The van der Waals surface area contributed by atoms with Gasteiger partial charge in [0.05, 0.1) is 0 Å². The molecular weight excluding hydrogens is 412 g/mol. The Balaban J connectivity index is 1.52. The van der Waals surface area contributed by atoms with E-state index in [0.29, 0.717) is 25.3 Å². The third-order valence-electron chi connectivity index (χ3n) is 7.40. The number of hydrogen-bond acceptors (Lipinski definition) is 4. The second-order valence-electron chi connectivity index (χ2n) is 9.68. The SMILES string of the molecule is CC[C@H](C)CN1CCC([C@@]2(Cc3ccccc3)NC(=O)N(CCc3ccccn3)C2=O)CC1. The van der Waals surface area contributed by atoms with Crippen LogP contribution in [0.2, 0.25) is 0 Å². The molecule has 0 saturated carbocycles. The van der Waals surface area contributed by atoms with Gasteiger partial charge in [-0.05, 0) is 55.5 Å². The first-order valence-electron chi connectivity index (χ1n) is 12.3. The lowest BCUT2D eigenvalue weighted by atomic mass is 9.73. The molecule has 1 aromatic heterocycles. The normalized spacial score (nSPS) is 23.0. The highest BCUT2D eigenvalue weighted by Gasteiger charge is 2.55. The standard InChI is InChI=1S/C27H36N4O2/c1-3-21(2)20-30-16-12-23(13-17-30)27(19-22-9-5-4-6-10-22)25(32)31(26(33)29-27)18-14-24-11-7-8-15-28-24/h4-11,15,21,23H,3,12-14,16-20H2,1-2H3,(H,29,33)/t21-,27+/m0/s1. The molecule has 176 valence electrons. The van der Waals surface area contributed by atoms with E-state index in [1.807, 2.05) is 36.4 Å². The quantitative estimate of drug-likeness (QED) is 0.591. The lowest BCUT2D eigenvalue weighted by Gasteiger charge is -2.41. The summed E-state index contributed by atoms with van der Waals surface area (Å²) >= 11 is 0. The van der Waals surface area contributed by atoms with E-state index in [1.54, 1.807) is 6.20 Å². The number of imide groups is 1. The maximum Gasteiger partial charge on any atom is 0.325 e. The van der Waals surface area contributed by atoms with Crippen LogP contribution in [0.3, 0.4) is 0 Å². The van der Waals surface area contributed by atoms with E-state index in [2.05, 4.69) is 41.2 Å². The van der Waals surface area contributed by atoms with Crippen molar-refractivity contribution < 1.29 is 9.59 Å². The van der Waals surface area contributed by atoms with E-state index in [0.717, 1.165) is 43.7 Å². The topological polar surface area (TPSA) is 65.5 Å². The zero-order chi connectivity index (χ0) is 23.3. The predicted octanol–water partition coefficient (Wildman–Crippen LogP) is 3.92. The smallest absolute Gasteiger partial charge is 0.322 e. The molecule has 4 rings (SSSR count). The summed E-state index contributed by atoms with van der Waals surface area (Å²) < 4.78 is 0. The van der Waals surface area contributed by atoms with Crippen LogP contribution in [0.5, 0.6) is 0 Å². The highest BCUT2D eigenvalue weighted by atomic mass is 16.2. The monoisotopic (exact) mass is 448 g/mol. The van der Waals surface area contributed by atoms with Gasteiger partial charge in [-0.2, -0.15) is 0 Å². The van der Waals surface area contributed by atoms with Crippen LogP contribution in [-0.4, -0.2) is 58.4 Å². The summed E-state index contributed by atoms with van der Waals surface area (Å²) in [6.07, 6.45) is 5.86. The fourth-order valence-electron chi connectivity index (χ4n) is 5.26. The van der Waals surface area contributed by atoms with Crippen LogP contribution in [0.25, 0.3) is 0 Å². The Labute approximate surface area is 197 Å². The Hall–Kier alpha value is -2.73. The Morgan fingerprint density at radius 3 is 2.48 bits per heavy atom. The maximum atomic E-state index is 13.9. The second-order valence-corrected chi connectivity index (χ2v) is 9.68. The van der Waals surface area contributed by atoms with Crippen LogP contribution in [0, 0.1) is 11.8 Å². The summed E-state index contributed by atoms with van der Waals surface area (Å²) in [6, 6.07) is 15.5. The van der Waals surface area contributed by atoms with Gasteiger partial charge in [0.15, 0.2) is 0 Å². The minimum atomic E-state index is -0.870. The van der Waals surface area contributed by atoms with Crippen molar-refractivity contribution in [2.24, 2.45) is 11.8 Å². The van der Waals surface area contributed by atoms with Crippen molar-refractivity contribution in [2.75, 3.05) is 26.2 Å². The van der Waals surface area contributed by atoms with Crippen LogP contribution in [-0.2, 0) is 17.6 Å². The summed E-state index contributed by atoms with van der Waals surface area (Å²) in [5.41, 5.74) is 1.10. The van der Waals surface area contributed by atoms with Crippen molar-refractivity contribution in [1.29, 1.82) is 0 Å². The molecule has 3 heterocycles. The second kappa shape index (κ2) is 10.5. The lowest BCUT2D eigenvalue weighted by molar-refractivity contribution is -0.134.